The predicted octanol–water partition coefficient (Wildman–Crippen LogP) is 5.87. The summed E-state index contributed by atoms with van der Waals surface area (Å²) in [6.45, 7) is 2.10. The van der Waals surface area contributed by atoms with Gasteiger partial charge in [0.2, 0.25) is 5.88 Å². The Morgan fingerprint density at radius 2 is 1.87 bits per heavy atom. The smallest absolute Gasteiger partial charge is 0.328 e. The average Bonchev–Trinajstić information content (AvgIpc) is 3.82. The van der Waals surface area contributed by atoms with Crippen LogP contribution in [0.15, 0.2) is 55.0 Å². The van der Waals surface area contributed by atoms with E-state index >= 15 is 0 Å². The number of pyridine rings is 1. The number of hydrogen-bond acceptors (Lipinski definition) is 7. The third-order valence-corrected chi connectivity index (χ3v) is 9.13. The summed E-state index contributed by atoms with van der Waals surface area (Å²) in [5.41, 5.74) is 3.88. The minimum absolute atomic E-state index is 0.205. The number of ether oxygens (including phenoxy) is 1. The van der Waals surface area contributed by atoms with Crippen LogP contribution in [0.2, 0.25) is 0 Å². The zero-order valence-corrected chi connectivity index (χ0v) is 26.1. The van der Waals surface area contributed by atoms with Crippen LogP contribution in [0, 0.1) is 0 Å². The number of rotatable bonds is 10. The number of hydrogen-bond donors (Lipinski definition) is 3. The summed E-state index contributed by atoms with van der Waals surface area (Å²) in [5.74, 6) is -0.884. The van der Waals surface area contributed by atoms with Gasteiger partial charge < -0.3 is 25.0 Å². The van der Waals surface area contributed by atoms with Crippen LogP contribution in [-0.4, -0.2) is 54.6 Å². The number of nitrogens with zero attached hydrogens (tertiary/aromatic N) is 4. The Kier molecular flexibility index (Phi) is 8.83. The summed E-state index contributed by atoms with van der Waals surface area (Å²) in [4.78, 5) is 51.9. The van der Waals surface area contributed by atoms with Crippen LogP contribution in [0.5, 0.6) is 5.88 Å². The third kappa shape index (κ3) is 6.09. The average molecular weight is 623 g/mol. The van der Waals surface area contributed by atoms with Gasteiger partial charge in [-0.25, -0.2) is 4.79 Å². The summed E-state index contributed by atoms with van der Waals surface area (Å²) >= 11 is 0. The molecule has 3 N–H and O–H groups in total. The van der Waals surface area contributed by atoms with Crippen molar-refractivity contribution in [3.63, 3.8) is 0 Å². The van der Waals surface area contributed by atoms with E-state index in [0.29, 0.717) is 36.5 Å². The number of amides is 2. The Labute approximate surface area is 267 Å². The molecule has 3 aromatic heterocycles. The first-order valence-corrected chi connectivity index (χ1v) is 15.9. The first-order valence-electron chi connectivity index (χ1n) is 15.9. The lowest BCUT2D eigenvalue weighted by Gasteiger charge is -2.29. The number of anilines is 1. The van der Waals surface area contributed by atoms with Crippen molar-refractivity contribution in [3.05, 3.63) is 71.7 Å². The van der Waals surface area contributed by atoms with Gasteiger partial charge in [0.1, 0.15) is 17.1 Å². The standard InChI is InChI=1S/C35H38N6O5/c1-3-46-33-23(12-15-29(42)43)11-14-28(38-33)39-34(45)35(16-6-7-17-35)40-32(44)24-10-13-25-27(20-24)41(2)31(26-21-36-18-19-37-26)30(25)22-8-4-5-9-22/h10-15,18-22H,3-9,16-17H2,1-2H3,(H,40,44)(H,42,43)(H,38,39,45)/b15-12+. The fraction of sp³-hybridized carbons (Fsp3) is 0.371. The molecule has 3 heterocycles. The molecular formula is C35H38N6O5. The zero-order chi connectivity index (χ0) is 32.3. The second-order valence-corrected chi connectivity index (χ2v) is 12.0. The van der Waals surface area contributed by atoms with Gasteiger partial charge in [-0.15, -0.1) is 0 Å². The molecule has 0 unspecified atom stereocenters. The minimum atomic E-state index is -1.10. The lowest BCUT2D eigenvalue weighted by molar-refractivity contribution is -0.131. The molecule has 1 aromatic carbocycles. The molecule has 0 spiro atoms. The van der Waals surface area contributed by atoms with Crippen molar-refractivity contribution in [1.29, 1.82) is 0 Å². The molecule has 0 bridgehead atoms. The van der Waals surface area contributed by atoms with Crippen LogP contribution < -0.4 is 15.4 Å². The summed E-state index contributed by atoms with van der Waals surface area (Å²) < 4.78 is 7.70. The van der Waals surface area contributed by atoms with Gasteiger partial charge in [-0.2, -0.15) is 4.98 Å². The van der Waals surface area contributed by atoms with E-state index in [2.05, 4.69) is 30.2 Å². The number of aromatic nitrogens is 4. The van der Waals surface area contributed by atoms with Gasteiger partial charge in [-0.1, -0.05) is 31.7 Å². The van der Waals surface area contributed by atoms with Crippen LogP contribution in [0.25, 0.3) is 28.4 Å². The molecule has 238 valence electrons. The lowest BCUT2D eigenvalue weighted by Crippen LogP contribution is -2.55. The SMILES string of the molecule is CCOc1nc(NC(=O)C2(NC(=O)c3ccc4c(C5CCCC5)c(-c5cnccn5)n(C)c4c3)CCCC2)ccc1/C=C/C(=O)O. The van der Waals surface area contributed by atoms with Crippen molar-refractivity contribution in [3.8, 4) is 17.3 Å². The molecule has 11 nitrogen and oxygen atoms in total. The number of carboxylic acids is 1. The lowest BCUT2D eigenvalue weighted by atomic mass is 9.93. The van der Waals surface area contributed by atoms with Crippen molar-refractivity contribution in [1.82, 2.24) is 24.8 Å². The second-order valence-electron chi connectivity index (χ2n) is 12.0. The highest BCUT2D eigenvalue weighted by Gasteiger charge is 2.43. The third-order valence-electron chi connectivity index (χ3n) is 9.13. The zero-order valence-electron chi connectivity index (χ0n) is 26.1. The van der Waals surface area contributed by atoms with Crippen molar-refractivity contribution in [2.75, 3.05) is 11.9 Å². The van der Waals surface area contributed by atoms with Crippen molar-refractivity contribution < 1.29 is 24.2 Å². The minimum Gasteiger partial charge on any atom is -0.478 e. The normalized spacial score (nSPS) is 16.2. The monoisotopic (exact) mass is 622 g/mol. The summed E-state index contributed by atoms with van der Waals surface area (Å²) in [5, 5.41) is 16.1. The van der Waals surface area contributed by atoms with E-state index in [9.17, 15) is 14.4 Å². The van der Waals surface area contributed by atoms with Crippen LogP contribution in [0.3, 0.4) is 0 Å². The molecule has 2 amide bonds. The first-order chi connectivity index (χ1) is 22.3. The van der Waals surface area contributed by atoms with Gasteiger partial charge in [0.05, 0.1) is 18.5 Å². The summed E-state index contributed by atoms with van der Waals surface area (Å²) in [7, 11) is 2.00. The Hall–Kier alpha value is -5.06. The number of nitrogens with one attached hydrogen (secondary N) is 2. The van der Waals surface area contributed by atoms with Gasteiger partial charge >= 0.3 is 5.97 Å². The number of aryl methyl sites for hydroxylation is 1. The van der Waals surface area contributed by atoms with E-state index in [-0.39, 0.29) is 23.5 Å². The molecule has 0 radical (unpaired) electrons. The molecule has 2 saturated carbocycles. The van der Waals surface area contributed by atoms with E-state index in [4.69, 9.17) is 9.84 Å². The Morgan fingerprint density at radius 1 is 1.09 bits per heavy atom. The number of carboxylic acid groups (broad SMARTS) is 1. The predicted molar refractivity (Wildman–Crippen MR) is 175 cm³/mol. The highest BCUT2D eigenvalue weighted by Crippen LogP contribution is 2.44. The summed E-state index contributed by atoms with van der Waals surface area (Å²) in [6, 6.07) is 9.00. The highest BCUT2D eigenvalue weighted by molar-refractivity contribution is 6.05. The number of benzene rings is 1. The Balaban J connectivity index is 1.28. The molecule has 4 aromatic rings. The van der Waals surface area contributed by atoms with Crippen LogP contribution in [-0.2, 0) is 16.6 Å². The Bertz CT molecular complexity index is 1800. The molecule has 0 atom stereocenters. The van der Waals surface area contributed by atoms with E-state index in [1.54, 1.807) is 37.6 Å². The van der Waals surface area contributed by atoms with Gasteiger partial charge in [0, 0.05) is 47.5 Å². The number of carbonyl (C=O) groups is 3. The van der Waals surface area contributed by atoms with E-state index in [1.807, 2.05) is 25.2 Å². The number of carbonyl (C=O) groups excluding carboxylic acids is 2. The van der Waals surface area contributed by atoms with E-state index < -0.39 is 11.5 Å². The highest BCUT2D eigenvalue weighted by atomic mass is 16.5. The van der Waals surface area contributed by atoms with Crippen molar-refractivity contribution in [2.45, 2.75) is 69.7 Å². The van der Waals surface area contributed by atoms with E-state index in [1.165, 1.54) is 24.5 Å². The van der Waals surface area contributed by atoms with Crippen LogP contribution in [0.4, 0.5) is 5.82 Å². The van der Waals surface area contributed by atoms with Gasteiger partial charge in [-0.05, 0) is 74.4 Å². The number of fused-ring (bicyclic) bond motifs is 1. The molecule has 2 aliphatic rings. The largest absolute Gasteiger partial charge is 0.478 e. The molecule has 46 heavy (non-hydrogen) atoms. The van der Waals surface area contributed by atoms with Gasteiger partial charge in [0.15, 0.2) is 0 Å². The van der Waals surface area contributed by atoms with Crippen LogP contribution in [0.1, 0.15) is 85.7 Å². The maximum absolute atomic E-state index is 13.8. The fourth-order valence-corrected chi connectivity index (χ4v) is 6.94. The quantitative estimate of drug-likeness (QED) is 0.186. The van der Waals surface area contributed by atoms with Crippen molar-refractivity contribution >= 4 is 40.6 Å². The molecule has 2 aliphatic carbocycles. The molecule has 0 aliphatic heterocycles. The van der Waals surface area contributed by atoms with Crippen LogP contribution >= 0.6 is 0 Å². The van der Waals surface area contributed by atoms with Crippen molar-refractivity contribution in [2.24, 2.45) is 7.05 Å². The topological polar surface area (TPSA) is 148 Å². The van der Waals surface area contributed by atoms with E-state index in [0.717, 1.165) is 54.1 Å². The maximum Gasteiger partial charge on any atom is 0.328 e. The van der Waals surface area contributed by atoms with Gasteiger partial charge in [0.25, 0.3) is 11.8 Å². The number of aliphatic carboxylic acids is 1. The molecule has 6 rings (SSSR count). The molecule has 2 fully saturated rings. The molecule has 0 saturated heterocycles. The maximum atomic E-state index is 13.8. The molecular weight excluding hydrogens is 584 g/mol. The van der Waals surface area contributed by atoms with Gasteiger partial charge in [-0.3, -0.25) is 19.6 Å². The second kappa shape index (κ2) is 13.1. The summed E-state index contributed by atoms with van der Waals surface area (Å²) in [6.07, 6.45) is 14.8. The fourth-order valence-electron chi connectivity index (χ4n) is 6.94. The first kappa shape index (κ1) is 30.9. The molecule has 11 heteroatoms. The Morgan fingerprint density at radius 3 is 2.57 bits per heavy atom.